The highest BCUT2D eigenvalue weighted by atomic mass is 35.5. The van der Waals surface area contributed by atoms with E-state index >= 15 is 0 Å². The van der Waals surface area contributed by atoms with E-state index in [4.69, 9.17) is 16.3 Å². The summed E-state index contributed by atoms with van der Waals surface area (Å²) in [5.74, 6) is 0. The highest BCUT2D eigenvalue weighted by molar-refractivity contribution is 6.30. The molecular weight excluding hydrogens is 202 g/mol. The second-order valence-electron chi connectivity index (χ2n) is 3.31. The van der Waals surface area contributed by atoms with E-state index in [0.29, 0.717) is 5.02 Å². The molecule has 0 bridgehead atoms. The van der Waals surface area contributed by atoms with E-state index in [-0.39, 0.29) is 18.2 Å². The number of carbonyl (C=O) groups is 1. The van der Waals surface area contributed by atoms with Gasteiger partial charge in [-0.2, -0.15) is 0 Å². The van der Waals surface area contributed by atoms with Gasteiger partial charge >= 0.3 is 6.09 Å². The molecule has 2 atom stereocenters. The number of nitrogens with one attached hydrogen (secondary N) is 1. The third-order valence-electron chi connectivity index (χ3n) is 2.23. The van der Waals surface area contributed by atoms with Gasteiger partial charge in [-0.05, 0) is 24.6 Å². The van der Waals surface area contributed by atoms with E-state index in [1.165, 1.54) is 0 Å². The Morgan fingerprint density at radius 1 is 1.36 bits per heavy atom. The van der Waals surface area contributed by atoms with Crippen LogP contribution in [0.15, 0.2) is 24.3 Å². The molecule has 0 unspecified atom stereocenters. The Morgan fingerprint density at radius 2 is 2.00 bits per heavy atom. The average Bonchev–Trinajstić information content (AvgIpc) is 2.47. The van der Waals surface area contributed by atoms with E-state index in [0.717, 1.165) is 5.56 Å². The van der Waals surface area contributed by atoms with Crippen LogP contribution in [-0.4, -0.2) is 12.1 Å². The second-order valence-corrected chi connectivity index (χ2v) is 3.75. The van der Waals surface area contributed by atoms with E-state index in [9.17, 15) is 4.79 Å². The monoisotopic (exact) mass is 211 g/mol. The van der Waals surface area contributed by atoms with Crippen LogP contribution in [0.4, 0.5) is 4.79 Å². The van der Waals surface area contributed by atoms with Gasteiger partial charge in [0.2, 0.25) is 0 Å². The van der Waals surface area contributed by atoms with Crippen LogP contribution in [0.1, 0.15) is 18.6 Å². The Balaban J connectivity index is 2.23. The standard InChI is InChI=1S/C10H10ClNO2/c1-6-9(14-10(13)12-6)7-2-4-8(11)5-3-7/h2-6,9H,1H3,(H,12,13)/t6-,9-/m1/s1. The summed E-state index contributed by atoms with van der Waals surface area (Å²) in [7, 11) is 0. The van der Waals surface area contributed by atoms with Gasteiger partial charge in [0.05, 0.1) is 6.04 Å². The van der Waals surface area contributed by atoms with Crippen molar-refractivity contribution in [2.75, 3.05) is 0 Å². The Morgan fingerprint density at radius 3 is 2.50 bits per heavy atom. The Labute approximate surface area is 87.0 Å². The molecule has 0 aromatic heterocycles. The van der Waals surface area contributed by atoms with Crippen molar-refractivity contribution in [3.8, 4) is 0 Å². The van der Waals surface area contributed by atoms with E-state index in [1.807, 2.05) is 19.1 Å². The van der Waals surface area contributed by atoms with Crippen LogP contribution < -0.4 is 5.32 Å². The lowest BCUT2D eigenvalue weighted by atomic mass is 10.0. The predicted molar refractivity (Wildman–Crippen MR) is 53.3 cm³/mol. The molecule has 1 aliphatic rings. The third kappa shape index (κ3) is 1.68. The van der Waals surface area contributed by atoms with Crippen molar-refractivity contribution in [1.82, 2.24) is 5.32 Å². The molecular formula is C10H10ClNO2. The third-order valence-corrected chi connectivity index (χ3v) is 2.48. The number of carbonyl (C=O) groups excluding carboxylic acids is 1. The zero-order chi connectivity index (χ0) is 10.1. The zero-order valence-corrected chi connectivity index (χ0v) is 8.41. The molecule has 1 aromatic carbocycles. The number of benzene rings is 1. The fourth-order valence-corrected chi connectivity index (χ4v) is 1.65. The van der Waals surface area contributed by atoms with Crippen molar-refractivity contribution in [2.45, 2.75) is 19.1 Å². The van der Waals surface area contributed by atoms with Crippen LogP contribution in [-0.2, 0) is 4.74 Å². The van der Waals surface area contributed by atoms with Gasteiger partial charge in [-0.3, -0.25) is 0 Å². The first-order valence-corrected chi connectivity index (χ1v) is 4.77. The molecule has 1 aromatic rings. The number of hydrogen-bond donors (Lipinski definition) is 1. The summed E-state index contributed by atoms with van der Waals surface area (Å²) in [5, 5.41) is 3.37. The molecule has 1 amide bonds. The van der Waals surface area contributed by atoms with Gasteiger partial charge in [0.25, 0.3) is 0 Å². The molecule has 1 fully saturated rings. The molecule has 2 rings (SSSR count). The normalized spacial score (nSPS) is 25.7. The molecule has 1 heterocycles. The number of ether oxygens (including phenoxy) is 1. The van der Waals surface area contributed by atoms with E-state index in [2.05, 4.69) is 5.32 Å². The summed E-state index contributed by atoms with van der Waals surface area (Å²) < 4.78 is 5.11. The number of halogens is 1. The summed E-state index contributed by atoms with van der Waals surface area (Å²) in [4.78, 5) is 10.9. The molecule has 0 saturated carbocycles. The van der Waals surface area contributed by atoms with Crippen LogP contribution >= 0.6 is 11.6 Å². The summed E-state index contributed by atoms with van der Waals surface area (Å²) in [5.41, 5.74) is 0.959. The number of hydrogen-bond acceptors (Lipinski definition) is 2. The lowest BCUT2D eigenvalue weighted by molar-refractivity contribution is 0.134. The Bertz CT molecular complexity index is 350. The van der Waals surface area contributed by atoms with Crippen molar-refractivity contribution >= 4 is 17.7 Å². The SMILES string of the molecule is C[C@H]1NC(=O)O[C@H]1c1ccc(Cl)cc1. The topological polar surface area (TPSA) is 38.3 Å². The predicted octanol–water partition coefficient (Wildman–Crippen LogP) is 2.51. The van der Waals surface area contributed by atoms with Gasteiger partial charge < -0.3 is 10.1 Å². The molecule has 74 valence electrons. The van der Waals surface area contributed by atoms with E-state index < -0.39 is 0 Å². The highest BCUT2D eigenvalue weighted by Crippen LogP contribution is 2.26. The lowest BCUT2D eigenvalue weighted by Gasteiger charge is -2.12. The van der Waals surface area contributed by atoms with Crippen molar-refractivity contribution in [2.24, 2.45) is 0 Å². The second kappa shape index (κ2) is 3.50. The largest absolute Gasteiger partial charge is 0.439 e. The zero-order valence-electron chi connectivity index (χ0n) is 7.66. The van der Waals surface area contributed by atoms with Crippen LogP contribution in [0.25, 0.3) is 0 Å². The van der Waals surface area contributed by atoms with Gasteiger partial charge in [-0.15, -0.1) is 0 Å². The maximum absolute atomic E-state index is 10.9. The highest BCUT2D eigenvalue weighted by Gasteiger charge is 2.31. The molecule has 0 radical (unpaired) electrons. The molecule has 14 heavy (non-hydrogen) atoms. The first kappa shape index (κ1) is 9.34. The molecule has 1 N–H and O–H groups in total. The first-order chi connectivity index (χ1) is 6.66. The minimum atomic E-state index is -0.363. The summed E-state index contributed by atoms with van der Waals surface area (Å²) in [6, 6.07) is 7.31. The smallest absolute Gasteiger partial charge is 0.408 e. The van der Waals surface area contributed by atoms with Crippen molar-refractivity contribution in [1.29, 1.82) is 0 Å². The van der Waals surface area contributed by atoms with Crippen molar-refractivity contribution in [3.05, 3.63) is 34.9 Å². The minimum absolute atomic E-state index is 0.00340. The van der Waals surface area contributed by atoms with Gasteiger partial charge in [0.15, 0.2) is 0 Å². The van der Waals surface area contributed by atoms with Crippen LogP contribution in [0.5, 0.6) is 0 Å². The Kier molecular flexibility index (Phi) is 2.33. The molecule has 3 nitrogen and oxygen atoms in total. The van der Waals surface area contributed by atoms with Crippen molar-refractivity contribution in [3.63, 3.8) is 0 Å². The number of cyclic esters (lactones) is 1. The molecule has 4 heteroatoms. The summed E-state index contributed by atoms with van der Waals surface area (Å²) in [6.45, 7) is 1.91. The first-order valence-electron chi connectivity index (χ1n) is 4.39. The molecule has 1 saturated heterocycles. The van der Waals surface area contributed by atoms with E-state index in [1.54, 1.807) is 12.1 Å². The summed E-state index contributed by atoms with van der Waals surface area (Å²) in [6.07, 6.45) is -0.572. The average molecular weight is 212 g/mol. The quantitative estimate of drug-likeness (QED) is 0.775. The fraction of sp³-hybridized carbons (Fsp3) is 0.300. The van der Waals surface area contributed by atoms with Crippen LogP contribution in [0.3, 0.4) is 0 Å². The van der Waals surface area contributed by atoms with Crippen molar-refractivity contribution < 1.29 is 9.53 Å². The maximum Gasteiger partial charge on any atom is 0.408 e. The van der Waals surface area contributed by atoms with Crippen LogP contribution in [0, 0.1) is 0 Å². The van der Waals surface area contributed by atoms with Gasteiger partial charge in [-0.25, -0.2) is 4.79 Å². The Hall–Kier alpha value is -1.22. The van der Waals surface area contributed by atoms with Gasteiger partial charge in [0, 0.05) is 5.02 Å². The lowest BCUT2D eigenvalue weighted by Crippen LogP contribution is -2.23. The maximum atomic E-state index is 10.9. The number of alkyl carbamates (subject to hydrolysis) is 1. The minimum Gasteiger partial charge on any atom is -0.439 e. The molecule has 0 spiro atoms. The van der Waals surface area contributed by atoms with Crippen LogP contribution in [0.2, 0.25) is 5.02 Å². The summed E-state index contributed by atoms with van der Waals surface area (Å²) >= 11 is 5.76. The number of amides is 1. The number of rotatable bonds is 1. The van der Waals surface area contributed by atoms with Gasteiger partial charge in [0.1, 0.15) is 6.10 Å². The molecule has 0 aliphatic carbocycles. The molecule has 1 aliphatic heterocycles. The fourth-order valence-electron chi connectivity index (χ4n) is 1.52. The van der Waals surface area contributed by atoms with Gasteiger partial charge in [-0.1, -0.05) is 23.7 Å².